The summed E-state index contributed by atoms with van der Waals surface area (Å²) >= 11 is 3.81. The number of rotatable bonds is 14. The number of carbonyl (C=O) groups excluding carboxylic acids is 4. The minimum atomic E-state index is -1.49. The van der Waals surface area contributed by atoms with Gasteiger partial charge in [0.1, 0.15) is 18.1 Å². The number of primary amides is 1. The lowest BCUT2D eigenvalue weighted by atomic mass is 9.98. The topological polar surface area (TPSA) is 214 Å². The van der Waals surface area contributed by atoms with Crippen LogP contribution in [0.2, 0.25) is 0 Å². The van der Waals surface area contributed by atoms with Crippen molar-refractivity contribution in [1.82, 2.24) is 16.0 Å². The van der Waals surface area contributed by atoms with E-state index in [0.717, 1.165) is 0 Å². The average molecular weight is 450 g/mol. The molecular formula is C17H31N5O7S. The number of amides is 4. The smallest absolute Gasteiger partial charge is 0.327 e. The summed E-state index contributed by atoms with van der Waals surface area (Å²) in [6.07, 6.45) is 0.233. The number of hydrogen-bond donors (Lipinski definition) is 8. The molecule has 0 fully saturated rings. The average Bonchev–Trinajstić information content (AvgIpc) is 2.70. The molecule has 0 saturated carbocycles. The molecule has 172 valence electrons. The number of nitrogens with one attached hydrogen (secondary N) is 3. The molecule has 0 spiro atoms. The lowest BCUT2D eigenvalue weighted by Gasteiger charge is -2.25. The van der Waals surface area contributed by atoms with E-state index in [0.29, 0.717) is 6.42 Å². The summed E-state index contributed by atoms with van der Waals surface area (Å²) in [5.74, 6) is -4.88. The van der Waals surface area contributed by atoms with Gasteiger partial charge in [0.15, 0.2) is 0 Å². The van der Waals surface area contributed by atoms with Crippen molar-refractivity contribution in [3.05, 3.63) is 0 Å². The highest BCUT2D eigenvalue weighted by atomic mass is 32.1. The predicted octanol–water partition coefficient (Wildman–Crippen LogP) is -2.91. The molecule has 0 saturated heterocycles. The highest BCUT2D eigenvalue weighted by Crippen LogP contribution is 2.07. The second-order valence-electron chi connectivity index (χ2n) is 6.80. The van der Waals surface area contributed by atoms with Crippen molar-refractivity contribution in [1.29, 1.82) is 0 Å². The molecule has 0 bridgehead atoms. The third-order valence-electron chi connectivity index (χ3n) is 4.48. The number of carbonyl (C=O) groups is 5. The van der Waals surface area contributed by atoms with Gasteiger partial charge in [-0.1, -0.05) is 20.3 Å². The molecule has 0 heterocycles. The van der Waals surface area contributed by atoms with Crippen molar-refractivity contribution >= 4 is 42.2 Å². The van der Waals surface area contributed by atoms with E-state index in [1.165, 1.54) is 0 Å². The standard InChI is InChI=1S/C17H31N5O7S/c1-3-8(2)13(19)16(27)20-9(4-5-12(18)24)14(25)21-10(6-23)15(26)22-11(7-30)17(28)29/h8-11,13,23,30H,3-7,19H2,1-2H3,(H2,18,24)(H,20,27)(H,21,25)(H,22,26)(H,28,29). The zero-order chi connectivity index (χ0) is 23.4. The maximum Gasteiger partial charge on any atom is 0.327 e. The fraction of sp³-hybridized carbons (Fsp3) is 0.706. The normalized spacial score (nSPS) is 15.8. The Morgan fingerprint density at radius 3 is 1.90 bits per heavy atom. The van der Waals surface area contributed by atoms with E-state index in [1.807, 2.05) is 6.92 Å². The van der Waals surface area contributed by atoms with Gasteiger partial charge in [0, 0.05) is 12.2 Å². The molecule has 0 aliphatic carbocycles. The Balaban J connectivity index is 5.27. The number of thiol groups is 1. The number of aliphatic hydroxyl groups is 1. The summed E-state index contributed by atoms with van der Waals surface area (Å²) in [6.45, 7) is 2.77. The zero-order valence-corrected chi connectivity index (χ0v) is 17.9. The maximum absolute atomic E-state index is 12.6. The van der Waals surface area contributed by atoms with Crippen LogP contribution in [0.25, 0.3) is 0 Å². The van der Waals surface area contributed by atoms with Crippen molar-refractivity contribution in [2.24, 2.45) is 17.4 Å². The van der Waals surface area contributed by atoms with Crippen molar-refractivity contribution in [2.75, 3.05) is 12.4 Å². The Morgan fingerprint density at radius 1 is 0.967 bits per heavy atom. The van der Waals surface area contributed by atoms with Gasteiger partial charge >= 0.3 is 5.97 Å². The molecule has 13 heteroatoms. The summed E-state index contributed by atoms with van der Waals surface area (Å²) in [7, 11) is 0. The summed E-state index contributed by atoms with van der Waals surface area (Å²) in [6, 6.07) is -4.97. The van der Waals surface area contributed by atoms with Gasteiger partial charge < -0.3 is 37.6 Å². The second-order valence-corrected chi connectivity index (χ2v) is 7.17. The first-order valence-electron chi connectivity index (χ1n) is 9.37. The molecule has 12 nitrogen and oxygen atoms in total. The van der Waals surface area contributed by atoms with Gasteiger partial charge in [0.05, 0.1) is 12.6 Å². The van der Waals surface area contributed by atoms with Gasteiger partial charge in [-0.05, 0) is 12.3 Å². The molecule has 0 aromatic rings. The van der Waals surface area contributed by atoms with E-state index in [-0.39, 0.29) is 24.5 Å². The maximum atomic E-state index is 12.6. The van der Waals surface area contributed by atoms with Crippen LogP contribution in [0.4, 0.5) is 0 Å². The summed E-state index contributed by atoms with van der Waals surface area (Å²) in [4.78, 5) is 59.2. The van der Waals surface area contributed by atoms with Crippen molar-refractivity contribution in [3.63, 3.8) is 0 Å². The Bertz CT molecular complexity index is 634. The van der Waals surface area contributed by atoms with E-state index in [2.05, 4.69) is 28.6 Å². The quantitative estimate of drug-likeness (QED) is 0.128. The second kappa shape index (κ2) is 13.8. The number of carboxylic acids is 1. The van der Waals surface area contributed by atoms with Crippen LogP contribution in [0.1, 0.15) is 33.1 Å². The molecule has 0 aliphatic heterocycles. The van der Waals surface area contributed by atoms with Crippen molar-refractivity contribution < 1.29 is 34.2 Å². The van der Waals surface area contributed by atoms with E-state index in [1.54, 1.807) is 6.92 Å². The molecule has 0 aromatic heterocycles. The van der Waals surface area contributed by atoms with Gasteiger partial charge in [-0.3, -0.25) is 19.2 Å². The molecule has 5 unspecified atom stereocenters. The Kier molecular flexibility index (Phi) is 12.7. The van der Waals surface area contributed by atoms with E-state index < -0.39 is 60.4 Å². The van der Waals surface area contributed by atoms with Gasteiger partial charge in [0.2, 0.25) is 23.6 Å². The molecular weight excluding hydrogens is 418 g/mol. The Labute approximate surface area is 179 Å². The summed E-state index contributed by atoms with van der Waals surface area (Å²) < 4.78 is 0. The fourth-order valence-electron chi connectivity index (χ4n) is 2.26. The lowest BCUT2D eigenvalue weighted by Crippen LogP contribution is -2.58. The highest BCUT2D eigenvalue weighted by molar-refractivity contribution is 7.80. The fourth-order valence-corrected chi connectivity index (χ4v) is 2.51. The van der Waals surface area contributed by atoms with E-state index in [9.17, 15) is 29.1 Å². The molecule has 0 radical (unpaired) electrons. The lowest BCUT2D eigenvalue weighted by molar-refractivity contribution is -0.142. The van der Waals surface area contributed by atoms with Crippen molar-refractivity contribution in [2.45, 2.75) is 57.3 Å². The number of aliphatic carboxylic acids is 1. The predicted molar refractivity (Wildman–Crippen MR) is 110 cm³/mol. The molecule has 30 heavy (non-hydrogen) atoms. The van der Waals surface area contributed by atoms with E-state index >= 15 is 0 Å². The third kappa shape index (κ3) is 9.41. The monoisotopic (exact) mass is 449 g/mol. The number of nitrogens with two attached hydrogens (primary N) is 2. The summed E-state index contributed by atoms with van der Waals surface area (Å²) in [5.41, 5.74) is 10.9. The van der Waals surface area contributed by atoms with Crippen LogP contribution in [-0.2, 0) is 24.0 Å². The first-order valence-corrected chi connectivity index (χ1v) is 10.0. The van der Waals surface area contributed by atoms with Gasteiger partial charge in [-0.2, -0.15) is 12.6 Å². The Morgan fingerprint density at radius 2 is 1.47 bits per heavy atom. The largest absolute Gasteiger partial charge is 0.480 e. The number of aliphatic hydroxyl groups excluding tert-OH is 1. The van der Waals surface area contributed by atoms with Crippen molar-refractivity contribution in [3.8, 4) is 0 Å². The SMILES string of the molecule is CCC(C)C(N)C(=O)NC(CCC(N)=O)C(=O)NC(CO)C(=O)NC(CS)C(=O)O. The minimum Gasteiger partial charge on any atom is -0.480 e. The minimum absolute atomic E-state index is 0.158. The van der Waals surface area contributed by atoms with Gasteiger partial charge in [0.25, 0.3) is 0 Å². The molecule has 5 atom stereocenters. The van der Waals surface area contributed by atoms with E-state index in [4.69, 9.17) is 16.6 Å². The first kappa shape index (κ1) is 27.6. The molecule has 0 aliphatic rings. The van der Waals surface area contributed by atoms with Crippen LogP contribution in [0, 0.1) is 5.92 Å². The van der Waals surface area contributed by atoms with Crippen LogP contribution < -0.4 is 27.4 Å². The molecule has 9 N–H and O–H groups in total. The van der Waals surface area contributed by atoms with Crippen LogP contribution in [0.5, 0.6) is 0 Å². The Hall–Kier alpha value is -2.38. The zero-order valence-electron chi connectivity index (χ0n) is 17.0. The summed E-state index contributed by atoms with van der Waals surface area (Å²) in [5, 5.41) is 25.2. The number of hydrogen-bond acceptors (Lipinski definition) is 8. The van der Waals surface area contributed by atoms with Gasteiger partial charge in [-0.25, -0.2) is 4.79 Å². The molecule has 4 amide bonds. The first-order chi connectivity index (χ1) is 14.0. The molecule has 0 rings (SSSR count). The van der Waals surface area contributed by atoms with Crippen LogP contribution in [-0.4, -0.2) is 76.3 Å². The van der Waals surface area contributed by atoms with Crippen LogP contribution in [0.15, 0.2) is 0 Å². The third-order valence-corrected chi connectivity index (χ3v) is 4.85. The highest BCUT2D eigenvalue weighted by Gasteiger charge is 2.30. The van der Waals surface area contributed by atoms with Gasteiger partial charge in [-0.15, -0.1) is 0 Å². The number of carboxylic acid groups (broad SMARTS) is 1. The van der Waals surface area contributed by atoms with Crippen LogP contribution >= 0.6 is 12.6 Å². The molecule has 0 aromatic carbocycles. The van der Waals surface area contributed by atoms with Crippen LogP contribution in [0.3, 0.4) is 0 Å².